The summed E-state index contributed by atoms with van der Waals surface area (Å²) in [5, 5.41) is 8.80. The zero-order chi connectivity index (χ0) is 13.0. The largest absolute Gasteiger partial charge is 0.481 e. The fourth-order valence-corrected chi connectivity index (χ4v) is 2.67. The first-order valence-corrected chi connectivity index (χ1v) is 6.73. The quantitative estimate of drug-likeness (QED) is 0.892. The Morgan fingerprint density at radius 3 is 2.44 bits per heavy atom. The van der Waals surface area contributed by atoms with Gasteiger partial charge in [-0.3, -0.25) is 4.79 Å². The summed E-state index contributed by atoms with van der Waals surface area (Å²) in [6, 6.07) is 6.04. The highest BCUT2D eigenvalue weighted by Gasteiger charge is 2.12. The van der Waals surface area contributed by atoms with Gasteiger partial charge in [-0.2, -0.15) is 0 Å². The van der Waals surface area contributed by atoms with E-state index in [2.05, 4.69) is 17.9 Å². The molecule has 0 amide bonds. The first-order valence-electron chi connectivity index (χ1n) is 6.73. The second kappa shape index (κ2) is 5.89. The molecule has 98 valence electrons. The van der Waals surface area contributed by atoms with Crippen molar-refractivity contribution in [1.82, 2.24) is 0 Å². The molecule has 1 aromatic carbocycles. The van der Waals surface area contributed by atoms with E-state index in [0.717, 1.165) is 18.7 Å². The van der Waals surface area contributed by atoms with Crippen LogP contribution in [0.25, 0.3) is 0 Å². The van der Waals surface area contributed by atoms with E-state index in [0.29, 0.717) is 0 Å². The number of benzene rings is 1. The molecule has 3 nitrogen and oxygen atoms in total. The minimum absolute atomic E-state index is 0.112. The fourth-order valence-electron chi connectivity index (χ4n) is 2.67. The van der Waals surface area contributed by atoms with Crippen molar-refractivity contribution in [1.29, 1.82) is 0 Å². The number of aliphatic carboxylic acids is 1. The van der Waals surface area contributed by atoms with Crippen LogP contribution in [0.1, 0.15) is 36.8 Å². The van der Waals surface area contributed by atoms with Gasteiger partial charge in [-0.05, 0) is 37.0 Å². The number of carbonyl (C=O) groups is 1. The van der Waals surface area contributed by atoms with Crippen molar-refractivity contribution in [2.24, 2.45) is 0 Å². The Bertz CT molecular complexity index is 421. The average Bonchev–Trinajstić information content (AvgIpc) is 2.57. The third-order valence-corrected chi connectivity index (χ3v) is 3.56. The van der Waals surface area contributed by atoms with E-state index >= 15 is 0 Å². The molecular formula is C15H21NO2. The first-order chi connectivity index (χ1) is 8.66. The van der Waals surface area contributed by atoms with Crippen LogP contribution in [0.5, 0.6) is 0 Å². The van der Waals surface area contributed by atoms with E-state index in [4.69, 9.17) is 5.11 Å². The molecule has 1 heterocycles. The van der Waals surface area contributed by atoms with Crippen molar-refractivity contribution in [3.8, 4) is 0 Å². The Labute approximate surface area is 108 Å². The molecule has 0 aromatic heterocycles. The maximum absolute atomic E-state index is 10.7. The Kier molecular flexibility index (Phi) is 4.24. The zero-order valence-electron chi connectivity index (χ0n) is 11.0. The van der Waals surface area contributed by atoms with Gasteiger partial charge in [0.2, 0.25) is 0 Å². The SMILES string of the molecule is Cc1cc(CC(=O)O)ccc1N1CCCCCC1. The van der Waals surface area contributed by atoms with Crippen LogP contribution in [0.2, 0.25) is 0 Å². The van der Waals surface area contributed by atoms with E-state index in [1.807, 2.05) is 12.1 Å². The number of aryl methyl sites for hydroxylation is 1. The molecule has 0 radical (unpaired) electrons. The molecule has 1 aliphatic heterocycles. The monoisotopic (exact) mass is 247 g/mol. The van der Waals surface area contributed by atoms with Crippen LogP contribution in [0.4, 0.5) is 5.69 Å². The number of hydrogen-bond acceptors (Lipinski definition) is 2. The molecule has 0 aliphatic carbocycles. The second-order valence-electron chi connectivity index (χ2n) is 5.09. The Morgan fingerprint density at radius 1 is 1.22 bits per heavy atom. The van der Waals surface area contributed by atoms with Crippen molar-refractivity contribution in [3.05, 3.63) is 29.3 Å². The Hall–Kier alpha value is -1.51. The average molecular weight is 247 g/mol. The molecule has 18 heavy (non-hydrogen) atoms. The van der Waals surface area contributed by atoms with E-state index in [-0.39, 0.29) is 6.42 Å². The van der Waals surface area contributed by atoms with Gasteiger partial charge in [0.15, 0.2) is 0 Å². The molecule has 1 N–H and O–H groups in total. The van der Waals surface area contributed by atoms with E-state index in [1.165, 1.54) is 36.9 Å². The van der Waals surface area contributed by atoms with Crippen LogP contribution in [0.3, 0.4) is 0 Å². The van der Waals surface area contributed by atoms with Gasteiger partial charge >= 0.3 is 5.97 Å². The summed E-state index contributed by atoms with van der Waals surface area (Å²) in [6.45, 7) is 4.32. The summed E-state index contributed by atoms with van der Waals surface area (Å²) in [7, 11) is 0. The van der Waals surface area contributed by atoms with Gasteiger partial charge < -0.3 is 10.0 Å². The molecule has 0 bridgehead atoms. The third kappa shape index (κ3) is 3.25. The van der Waals surface area contributed by atoms with E-state index < -0.39 is 5.97 Å². The first kappa shape index (κ1) is 12.9. The maximum Gasteiger partial charge on any atom is 0.307 e. The fraction of sp³-hybridized carbons (Fsp3) is 0.533. The van der Waals surface area contributed by atoms with Crippen LogP contribution in [0, 0.1) is 6.92 Å². The molecule has 3 heteroatoms. The number of rotatable bonds is 3. The predicted molar refractivity (Wildman–Crippen MR) is 73.2 cm³/mol. The van der Waals surface area contributed by atoms with Crippen molar-refractivity contribution in [2.45, 2.75) is 39.0 Å². The topological polar surface area (TPSA) is 40.5 Å². The molecule has 0 atom stereocenters. The molecular weight excluding hydrogens is 226 g/mol. The number of carboxylic acid groups (broad SMARTS) is 1. The Morgan fingerprint density at radius 2 is 1.89 bits per heavy atom. The highest BCUT2D eigenvalue weighted by Crippen LogP contribution is 2.24. The smallest absolute Gasteiger partial charge is 0.307 e. The van der Waals surface area contributed by atoms with Crippen LogP contribution >= 0.6 is 0 Å². The normalized spacial score (nSPS) is 16.4. The number of hydrogen-bond donors (Lipinski definition) is 1. The third-order valence-electron chi connectivity index (χ3n) is 3.56. The van der Waals surface area contributed by atoms with Crippen LogP contribution in [-0.2, 0) is 11.2 Å². The molecule has 0 spiro atoms. The summed E-state index contributed by atoms with van der Waals surface area (Å²) in [5.41, 5.74) is 3.35. The molecule has 2 rings (SSSR count). The highest BCUT2D eigenvalue weighted by molar-refractivity contribution is 5.71. The summed E-state index contributed by atoms with van der Waals surface area (Å²) in [4.78, 5) is 13.1. The lowest BCUT2D eigenvalue weighted by molar-refractivity contribution is -0.136. The number of carboxylic acids is 1. The van der Waals surface area contributed by atoms with Gasteiger partial charge in [0, 0.05) is 18.8 Å². The van der Waals surface area contributed by atoms with Crippen LogP contribution in [-0.4, -0.2) is 24.2 Å². The van der Waals surface area contributed by atoms with Gasteiger partial charge in [0.25, 0.3) is 0 Å². The van der Waals surface area contributed by atoms with Crippen molar-refractivity contribution < 1.29 is 9.90 Å². The maximum atomic E-state index is 10.7. The van der Waals surface area contributed by atoms with Gasteiger partial charge in [-0.15, -0.1) is 0 Å². The molecule has 0 saturated carbocycles. The number of nitrogens with zero attached hydrogens (tertiary/aromatic N) is 1. The summed E-state index contributed by atoms with van der Waals surface area (Å²) >= 11 is 0. The van der Waals surface area contributed by atoms with Crippen molar-refractivity contribution in [2.75, 3.05) is 18.0 Å². The highest BCUT2D eigenvalue weighted by atomic mass is 16.4. The lowest BCUT2D eigenvalue weighted by atomic mass is 10.1. The molecule has 1 saturated heterocycles. The van der Waals surface area contributed by atoms with Crippen molar-refractivity contribution >= 4 is 11.7 Å². The molecule has 1 aliphatic rings. The van der Waals surface area contributed by atoms with Crippen molar-refractivity contribution in [3.63, 3.8) is 0 Å². The van der Waals surface area contributed by atoms with Gasteiger partial charge in [-0.1, -0.05) is 25.0 Å². The summed E-state index contributed by atoms with van der Waals surface area (Å²) in [6.07, 6.45) is 5.28. The van der Waals surface area contributed by atoms with Crippen LogP contribution < -0.4 is 4.90 Å². The lowest BCUT2D eigenvalue weighted by Gasteiger charge is -2.25. The van der Waals surface area contributed by atoms with E-state index in [9.17, 15) is 4.79 Å². The Balaban J connectivity index is 2.15. The second-order valence-corrected chi connectivity index (χ2v) is 5.09. The molecule has 1 aromatic rings. The standard InChI is InChI=1S/C15H21NO2/c1-12-10-13(11-15(17)18)6-7-14(12)16-8-4-2-3-5-9-16/h6-7,10H,2-5,8-9,11H2,1H3,(H,17,18). The molecule has 1 fully saturated rings. The lowest BCUT2D eigenvalue weighted by Crippen LogP contribution is -2.24. The van der Waals surface area contributed by atoms with E-state index in [1.54, 1.807) is 0 Å². The minimum Gasteiger partial charge on any atom is -0.481 e. The van der Waals surface area contributed by atoms with Gasteiger partial charge in [0.1, 0.15) is 0 Å². The summed E-state index contributed by atoms with van der Waals surface area (Å²) in [5.74, 6) is -0.767. The van der Waals surface area contributed by atoms with Gasteiger partial charge in [-0.25, -0.2) is 0 Å². The summed E-state index contributed by atoms with van der Waals surface area (Å²) < 4.78 is 0. The zero-order valence-corrected chi connectivity index (χ0v) is 11.0. The van der Waals surface area contributed by atoms with Gasteiger partial charge in [0.05, 0.1) is 6.42 Å². The number of anilines is 1. The molecule has 0 unspecified atom stereocenters. The minimum atomic E-state index is -0.767. The predicted octanol–water partition coefficient (Wildman–Crippen LogP) is 3.00. The van der Waals surface area contributed by atoms with Crippen LogP contribution in [0.15, 0.2) is 18.2 Å².